The maximum absolute atomic E-state index is 6.04. The molecule has 4 aromatic rings. The van der Waals surface area contributed by atoms with Gasteiger partial charge in [-0.15, -0.1) is 11.3 Å². The molecule has 164 valence electrons. The Kier molecular flexibility index (Phi) is 6.77. The minimum absolute atomic E-state index is 0.460. The standard InChI is InChI=1S/C25H24N2O4S/c1-28-19-10-11-20(23(14-19)30-3)26-25-27-21(16-32-25)18-9-12-22(29-2)24(13-18)31-15-17-7-5-4-6-8-17/h4-14,16H,15H2,1-3H3,(H,26,27). The Morgan fingerprint density at radius 3 is 2.38 bits per heavy atom. The first kappa shape index (κ1) is 21.5. The number of rotatable bonds is 9. The number of methoxy groups -OCH3 is 3. The second-order valence-electron chi connectivity index (χ2n) is 6.87. The van der Waals surface area contributed by atoms with E-state index >= 15 is 0 Å². The van der Waals surface area contributed by atoms with Crippen LogP contribution >= 0.6 is 11.3 Å². The van der Waals surface area contributed by atoms with Gasteiger partial charge in [0.15, 0.2) is 16.6 Å². The lowest BCUT2D eigenvalue weighted by molar-refractivity contribution is 0.284. The van der Waals surface area contributed by atoms with E-state index in [0.29, 0.717) is 23.9 Å². The predicted molar refractivity (Wildman–Crippen MR) is 128 cm³/mol. The maximum atomic E-state index is 6.04. The van der Waals surface area contributed by atoms with Crippen LogP contribution in [0, 0.1) is 0 Å². The van der Waals surface area contributed by atoms with Gasteiger partial charge >= 0.3 is 0 Å². The van der Waals surface area contributed by atoms with Crippen LogP contribution in [0.2, 0.25) is 0 Å². The van der Waals surface area contributed by atoms with Crippen molar-refractivity contribution in [3.05, 3.63) is 77.7 Å². The van der Waals surface area contributed by atoms with Crippen molar-refractivity contribution >= 4 is 22.2 Å². The number of nitrogens with zero attached hydrogens (tertiary/aromatic N) is 1. The van der Waals surface area contributed by atoms with Crippen LogP contribution in [0.5, 0.6) is 23.0 Å². The van der Waals surface area contributed by atoms with Gasteiger partial charge in [0.05, 0.1) is 32.7 Å². The fourth-order valence-corrected chi connectivity index (χ4v) is 3.90. The first-order chi connectivity index (χ1) is 15.7. The lowest BCUT2D eigenvalue weighted by atomic mass is 10.1. The Morgan fingerprint density at radius 2 is 1.62 bits per heavy atom. The van der Waals surface area contributed by atoms with Crippen molar-refractivity contribution in [3.8, 4) is 34.3 Å². The summed E-state index contributed by atoms with van der Waals surface area (Å²) in [5.74, 6) is 2.77. The van der Waals surface area contributed by atoms with E-state index in [0.717, 1.165) is 33.4 Å². The van der Waals surface area contributed by atoms with Gasteiger partial charge in [0.1, 0.15) is 18.1 Å². The Labute approximate surface area is 191 Å². The molecule has 0 radical (unpaired) electrons. The second-order valence-corrected chi connectivity index (χ2v) is 7.73. The van der Waals surface area contributed by atoms with Crippen LogP contribution in [0.3, 0.4) is 0 Å². The van der Waals surface area contributed by atoms with E-state index in [1.54, 1.807) is 21.3 Å². The third-order valence-electron chi connectivity index (χ3n) is 4.85. The largest absolute Gasteiger partial charge is 0.497 e. The molecular weight excluding hydrogens is 424 g/mol. The summed E-state index contributed by atoms with van der Waals surface area (Å²) >= 11 is 1.51. The predicted octanol–water partition coefficient (Wildman–Crippen LogP) is 6.16. The molecule has 0 aliphatic carbocycles. The fraction of sp³-hybridized carbons (Fsp3) is 0.160. The van der Waals surface area contributed by atoms with Gasteiger partial charge in [0.2, 0.25) is 0 Å². The van der Waals surface area contributed by atoms with E-state index < -0.39 is 0 Å². The summed E-state index contributed by atoms with van der Waals surface area (Å²) in [5.41, 5.74) is 3.70. The van der Waals surface area contributed by atoms with Gasteiger partial charge in [-0.25, -0.2) is 4.98 Å². The summed E-state index contributed by atoms with van der Waals surface area (Å²) in [6, 6.07) is 21.5. The minimum atomic E-state index is 0.460. The van der Waals surface area contributed by atoms with Crippen LogP contribution < -0.4 is 24.3 Å². The Hall–Kier alpha value is -3.71. The Morgan fingerprint density at radius 1 is 0.812 bits per heavy atom. The zero-order chi connectivity index (χ0) is 22.3. The highest BCUT2D eigenvalue weighted by molar-refractivity contribution is 7.14. The van der Waals surface area contributed by atoms with Crippen LogP contribution in [0.1, 0.15) is 5.56 Å². The van der Waals surface area contributed by atoms with Crippen molar-refractivity contribution in [2.24, 2.45) is 0 Å². The van der Waals surface area contributed by atoms with Crippen molar-refractivity contribution in [2.45, 2.75) is 6.61 Å². The van der Waals surface area contributed by atoms with E-state index in [9.17, 15) is 0 Å². The van der Waals surface area contributed by atoms with Crippen LogP contribution in [-0.4, -0.2) is 26.3 Å². The summed E-state index contributed by atoms with van der Waals surface area (Å²) in [6.07, 6.45) is 0. The summed E-state index contributed by atoms with van der Waals surface area (Å²) in [4.78, 5) is 4.73. The van der Waals surface area contributed by atoms with Crippen molar-refractivity contribution in [2.75, 3.05) is 26.6 Å². The number of hydrogen-bond donors (Lipinski definition) is 1. The monoisotopic (exact) mass is 448 g/mol. The number of thiazole rings is 1. The number of aromatic nitrogens is 1. The molecule has 0 spiro atoms. The highest BCUT2D eigenvalue weighted by Crippen LogP contribution is 2.36. The number of benzene rings is 3. The zero-order valence-electron chi connectivity index (χ0n) is 18.1. The normalized spacial score (nSPS) is 10.5. The Bertz CT molecular complexity index is 1180. The molecule has 7 heteroatoms. The van der Waals surface area contributed by atoms with E-state index in [-0.39, 0.29) is 0 Å². The molecule has 0 fully saturated rings. The van der Waals surface area contributed by atoms with E-state index in [1.807, 2.05) is 72.1 Å². The minimum Gasteiger partial charge on any atom is -0.497 e. The average molecular weight is 449 g/mol. The number of hydrogen-bond acceptors (Lipinski definition) is 7. The van der Waals surface area contributed by atoms with Gasteiger partial charge in [-0.3, -0.25) is 0 Å². The molecule has 0 atom stereocenters. The van der Waals surface area contributed by atoms with Gasteiger partial charge in [-0.1, -0.05) is 30.3 Å². The molecule has 0 amide bonds. The van der Waals surface area contributed by atoms with Gasteiger partial charge in [0, 0.05) is 17.0 Å². The Balaban J connectivity index is 1.53. The first-order valence-electron chi connectivity index (χ1n) is 10.00. The van der Waals surface area contributed by atoms with Gasteiger partial charge in [0.25, 0.3) is 0 Å². The van der Waals surface area contributed by atoms with Gasteiger partial charge < -0.3 is 24.3 Å². The molecule has 3 aromatic carbocycles. The SMILES string of the molecule is COc1ccc(Nc2nc(-c3ccc(OC)c(OCc4ccccc4)c3)cs2)c(OC)c1. The molecule has 0 aliphatic heterocycles. The lowest BCUT2D eigenvalue weighted by Crippen LogP contribution is -1.98. The second kappa shape index (κ2) is 10.1. The first-order valence-corrected chi connectivity index (χ1v) is 10.9. The number of ether oxygens (including phenoxy) is 4. The third kappa shape index (κ3) is 4.95. The highest BCUT2D eigenvalue weighted by atomic mass is 32.1. The van der Waals surface area contributed by atoms with E-state index in [2.05, 4.69) is 5.32 Å². The van der Waals surface area contributed by atoms with Crippen molar-refractivity contribution in [1.29, 1.82) is 0 Å². The molecule has 1 N–H and O–H groups in total. The number of nitrogens with one attached hydrogen (secondary N) is 1. The van der Waals surface area contributed by atoms with Crippen molar-refractivity contribution < 1.29 is 18.9 Å². The highest BCUT2D eigenvalue weighted by Gasteiger charge is 2.12. The molecule has 1 heterocycles. The summed E-state index contributed by atoms with van der Waals surface area (Å²) < 4.78 is 22.2. The van der Waals surface area contributed by atoms with Gasteiger partial charge in [-0.05, 0) is 35.9 Å². The lowest BCUT2D eigenvalue weighted by Gasteiger charge is -2.12. The summed E-state index contributed by atoms with van der Waals surface area (Å²) in [7, 11) is 4.89. The van der Waals surface area contributed by atoms with E-state index in [4.69, 9.17) is 23.9 Å². The van der Waals surface area contributed by atoms with Crippen LogP contribution in [-0.2, 0) is 6.61 Å². The molecule has 0 bridgehead atoms. The molecule has 0 aliphatic rings. The van der Waals surface area contributed by atoms with Gasteiger partial charge in [-0.2, -0.15) is 0 Å². The smallest absolute Gasteiger partial charge is 0.187 e. The molecule has 1 aromatic heterocycles. The zero-order valence-corrected chi connectivity index (χ0v) is 18.9. The summed E-state index contributed by atoms with van der Waals surface area (Å²) in [6.45, 7) is 0.460. The maximum Gasteiger partial charge on any atom is 0.187 e. The third-order valence-corrected chi connectivity index (χ3v) is 5.61. The molecule has 0 saturated carbocycles. The van der Waals surface area contributed by atoms with E-state index in [1.165, 1.54) is 11.3 Å². The molecule has 6 nitrogen and oxygen atoms in total. The summed E-state index contributed by atoms with van der Waals surface area (Å²) in [5, 5.41) is 6.08. The van der Waals surface area contributed by atoms with Crippen molar-refractivity contribution in [1.82, 2.24) is 4.98 Å². The molecule has 0 unspecified atom stereocenters. The average Bonchev–Trinajstić information content (AvgIpc) is 3.32. The topological polar surface area (TPSA) is 61.8 Å². The molecular formula is C25H24N2O4S. The van der Waals surface area contributed by atoms with Crippen LogP contribution in [0.4, 0.5) is 10.8 Å². The van der Waals surface area contributed by atoms with Crippen LogP contribution in [0.25, 0.3) is 11.3 Å². The molecule has 32 heavy (non-hydrogen) atoms. The van der Waals surface area contributed by atoms with Crippen molar-refractivity contribution in [3.63, 3.8) is 0 Å². The van der Waals surface area contributed by atoms with Crippen LogP contribution in [0.15, 0.2) is 72.1 Å². The number of anilines is 2. The fourth-order valence-electron chi connectivity index (χ4n) is 3.16. The molecule has 0 saturated heterocycles. The molecule has 4 rings (SSSR count). The quantitative estimate of drug-likeness (QED) is 0.331.